The number of amides is 1. The van der Waals surface area contributed by atoms with Crippen LogP contribution in [0.5, 0.6) is 5.75 Å². The fraction of sp³-hybridized carbons (Fsp3) is 0.176. The average molecular weight is 571 g/mol. The molecular formula is C17H12Cl7N3O2S. The summed E-state index contributed by atoms with van der Waals surface area (Å²) in [5.41, 5.74) is 0.539. The number of benzene rings is 2. The maximum absolute atomic E-state index is 12.3. The van der Waals surface area contributed by atoms with E-state index in [1.807, 2.05) is 0 Å². The second-order valence-electron chi connectivity index (χ2n) is 5.63. The molecule has 2 aromatic rings. The lowest BCUT2D eigenvalue weighted by Gasteiger charge is -2.27. The largest absolute Gasteiger partial charge is 0.482 e. The van der Waals surface area contributed by atoms with Crippen molar-refractivity contribution in [2.75, 3.05) is 11.9 Å². The number of ether oxygens (including phenoxy) is 1. The molecule has 0 fully saturated rings. The summed E-state index contributed by atoms with van der Waals surface area (Å²) >= 11 is 46.7. The Morgan fingerprint density at radius 2 is 1.67 bits per heavy atom. The molecule has 0 saturated heterocycles. The average Bonchev–Trinajstić information content (AvgIpc) is 2.62. The molecule has 0 heterocycles. The van der Waals surface area contributed by atoms with Gasteiger partial charge in [-0.1, -0.05) is 81.2 Å². The molecule has 162 valence electrons. The molecule has 1 amide bonds. The van der Waals surface area contributed by atoms with E-state index in [9.17, 15) is 4.79 Å². The third kappa shape index (κ3) is 8.17. The van der Waals surface area contributed by atoms with Crippen LogP contribution in [0.3, 0.4) is 0 Å². The van der Waals surface area contributed by atoms with Crippen molar-refractivity contribution in [3.05, 3.63) is 56.5 Å². The lowest BCUT2D eigenvalue weighted by Crippen LogP contribution is -2.56. The summed E-state index contributed by atoms with van der Waals surface area (Å²) in [7, 11) is 0. The first kappa shape index (κ1) is 25.7. The number of alkyl halides is 3. The number of hydrogen-bond donors (Lipinski definition) is 3. The zero-order valence-corrected chi connectivity index (χ0v) is 20.7. The Labute approximate surface area is 213 Å². The third-order valence-electron chi connectivity index (χ3n) is 3.34. The summed E-state index contributed by atoms with van der Waals surface area (Å²) in [5.74, 6) is -0.325. The second-order valence-corrected chi connectivity index (χ2v) is 10.1. The van der Waals surface area contributed by atoms with Gasteiger partial charge in [-0.25, -0.2) is 0 Å². The minimum Gasteiger partial charge on any atom is -0.482 e. The molecule has 1 unspecified atom stereocenters. The van der Waals surface area contributed by atoms with Gasteiger partial charge in [0.05, 0.1) is 15.1 Å². The van der Waals surface area contributed by atoms with Crippen molar-refractivity contribution in [1.29, 1.82) is 0 Å². The summed E-state index contributed by atoms with van der Waals surface area (Å²) in [6.45, 7) is -0.396. The first-order chi connectivity index (χ1) is 14.0. The maximum atomic E-state index is 12.3. The quantitative estimate of drug-likeness (QED) is 0.211. The lowest BCUT2D eigenvalue weighted by molar-refractivity contribution is -0.123. The highest BCUT2D eigenvalue weighted by molar-refractivity contribution is 7.80. The van der Waals surface area contributed by atoms with Crippen molar-refractivity contribution in [3.63, 3.8) is 0 Å². The number of rotatable bonds is 6. The van der Waals surface area contributed by atoms with Crippen LogP contribution in [0.2, 0.25) is 20.1 Å². The number of anilines is 1. The zero-order chi connectivity index (χ0) is 22.5. The molecule has 13 heteroatoms. The van der Waals surface area contributed by atoms with Crippen molar-refractivity contribution in [2.24, 2.45) is 0 Å². The fourth-order valence-electron chi connectivity index (χ4n) is 2.01. The van der Waals surface area contributed by atoms with E-state index in [0.717, 1.165) is 0 Å². The second kappa shape index (κ2) is 11.3. The Morgan fingerprint density at radius 3 is 2.27 bits per heavy atom. The van der Waals surface area contributed by atoms with Crippen LogP contribution < -0.4 is 20.7 Å². The number of hydrogen-bond acceptors (Lipinski definition) is 3. The topological polar surface area (TPSA) is 62.4 Å². The van der Waals surface area contributed by atoms with E-state index in [4.69, 9.17) is 98.2 Å². The highest BCUT2D eigenvalue weighted by Gasteiger charge is 2.34. The van der Waals surface area contributed by atoms with E-state index in [1.54, 1.807) is 24.3 Å². The zero-order valence-electron chi connectivity index (χ0n) is 14.6. The van der Waals surface area contributed by atoms with Gasteiger partial charge < -0.3 is 20.7 Å². The molecular weight excluding hydrogens is 558 g/mol. The van der Waals surface area contributed by atoms with Gasteiger partial charge in [0.1, 0.15) is 11.9 Å². The van der Waals surface area contributed by atoms with E-state index in [-0.39, 0.29) is 15.9 Å². The standard InChI is InChI=1S/C17H12Cl7N3O2S/c18-8-1-4-13(12(21)5-8)29-7-14(28)26-15(17(22,23)24)27-16(30)25-9-2-3-10(19)11(20)6-9/h1-6,15H,7H2,(H,26,28)(H2,25,27,30). The molecule has 1 atom stereocenters. The fourth-order valence-corrected chi connectivity index (χ4v) is 3.33. The summed E-state index contributed by atoms with van der Waals surface area (Å²) < 4.78 is 3.42. The van der Waals surface area contributed by atoms with Gasteiger partial charge in [0, 0.05) is 10.7 Å². The molecule has 0 aliphatic carbocycles. The summed E-state index contributed by atoms with van der Waals surface area (Å²) in [5, 5.41) is 9.48. The Bertz CT molecular complexity index is 940. The number of thiocarbonyl (C=S) groups is 1. The number of carbonyl (C=O) groups excluding carboxylic acids is 1. The molecule has 0 aromatic heterocycles. The van der Waals surface area contributed by atoms with Crippen LogP contribution in [0.15, 0.2) is 36.4 Å². The molecule has 5 nitrogen and oxygen atoms in total. The molecule has 0 saturated carbocycles. The monoisotopic (exact) mass is 567 g/mol. The molecule has 2 aromatic carbocycles. The highest BCUT2D eigenvalue weighted by atomic mass is 35.6. The normalized spacial score (nSPS) is 12.1. The summed E-state index contributed by atoms with van der Waals surface area (Å²) in [4.78, 5) is 12.3. The lowest BCUT2D eigenvalue weighted by atomic mass is 10.3. The van der Waals surface area contributed by atoms with E-state index < -0.39 is 22.5 Å². The van der Waals surface area contributed by atoms with Gasteiger partial charge in [-0.05, 0) is 48.6 Å². The molecule has 0 spiro atoms. The van der Waals surface area contributed by atoms with Crippen LogP contribution in [-0.4, -0.2) is 27.6 Å². The van der Waals surface area contributed by atoms with E-state index in [1.165, 1.54) is 12.1 Å². The van der Waals surface area contributed by atoms with Crippen LogP contribution in [0, 0.1) is 0 Å². The maximum Gasteiger partial charge on any atom is 0.259 e. The minimum absolute atomic E-state index is 0.0617. The van der Waals surface area contributed by atoms with Crippen LogP contribution in [-0.2, 0) is 4.79 Å². The predicted octanol–water partition coefficient (Wildman–Crippen LogP) is 6.48. The number of nitrogens with one attached hydrogen (secondary N) is 3. The summed E-state index contributed by atoms with van der Waals surface area (Å²) in [6, 6.07) is 9.37. The molecule has 0 aliphatic heterocycles. The Hall–Kier alpha value is -0.570. The van der Waals surface area contributed by atoms with Crippen LogP contribution in [0.1, 0.15) is 0 Å². The molecule has 0 bridgehead atoms. The Kier molecular flexibility index (Phi) is 9.71. The Balaban J connectivity index is 1.96. The molecule has 30 heavy (non-hydrogen) atoms. The number of carbonyl (C=O) groups is 1. The van der Waals surface area contributed by atoms with Crippen molar-refractivity contribution < 1.29 is 9.53 Å². The van der Waals surface area contributed by atoms with E-state index in [2.05, 4.69) is 16.0 Å². The first-order valence-electron chi connectivity index (χ1n) is 7.92. The Morgan fingerprint density at radius 1 is 0.967 bits per heavy atom. The van der Waals surface area contributed by atoms with Crippen molar-refractivity contribution in [2.45, 2.75) is 9.96 Å². The van der Waals surface area contributed by atoms with E-state index >= 15 is 0 Å². The minimum atomic E-state index is -1.93. The predicted molar refractivity (Wildman–Crippen MR) is 130 cm³/mol. The van der Waals surface area contributed by atoms with Gasteiger partial charge in [-0.2, -0.15) is 0 Å². The highest BCUT2D eigenvalue weighted by Crippen LogP contribution is 2.30. The van der Waals surface area contributed by atoms with Crippen LogP contribution in [0.25, 0.3) is 0 Å². The third-order valence-corrected chi connectivity index (χ3v) is 5.48. The van der Waals surface area contributed by atoms with Crippen molar-refractivity contribution in [1.82, 2.24) is 10.6 Å². The van der Waals surface area contributed by atoms with Gasteiger partial charge in [-0.15, -0.1) is 0 Å². The smallest absolute Gasteiger partial charge is 0.259 e. The van der Waals surface area contributed by atoms with Gasteiger partial charge in [0.15, 0.2) is 11.7 Å². The van der Waals surface area contributed by atoms with Crippen LogP contribution >= 0.6 is 93.4 Å². The summed E-state index contributed by atoms with van der Waals surface area (Å²) in [6.07, 6.45) is -1.18. The molecule has 2 rings (SSSR count). The first-order valence-corrected chi connectivity index (χ1v) is 11.0. The van der Waals surface area contributed by atoms with Gasteiger partial charge >= 0.3 is 0 Å². The van der Waals surface area contributed by atoms with Gasteiger partial charge in [0.2, 0.25) is 3.79 Å². The SMILES string of the molecule is O=C(COc1ccc(Cl)cc1Cl)NC(NC(=S)Nc1ccc(Cl)c(Cl)c1)C(Cl)(Cl)Cl. The molecule has 0 radical (unpaired) electrons. The molecule has 3 N–H and O–H groups in total. The number of halogens is 7. The van der Waals surface area contributed by atoms with Gasteiger partial charge in [0.25, 0.3) is 5.91 Å². The van der Waals surface area contributed by atoms with Crippen LogP contribution in [0.4, 0.5) is 5.69 Å². The molecule has 0 aliphatic rings. The van der Waals surface area contributed by atoms with Gasteiger partial charge in [-0.3, -0.25) is 4.79 Å². The van der Waals surface area contributed by atoms with E-state index in [0.29, 0.717) is 20.8 Å². The van der Waals surface area contributed by atoms with Crippen molar-refractivity contribution >= 4 is 110 Å². The van der Waals surface area contributed by atoms with Crippen molar-refractivity contribution in [3.8, 4) is 5.75 Å².